The third-order valence-electron chi connectivity index (χ3n) is 4.28. The molecule has 2 aliphatic carbocycles. The first-order valence-corrected chi connectivity index (χ1v) is 6.76. The lowest BCUT2D eigenvalue weighted by Crippen LogP contribution is -2.58. The predicted octanol–water partition coefficient (Wildman–Crippen LogP) is 1.83. The van der Waals surface area contributed by atoms with Crippen LogP contribution in [0.2, 0.25) is 0 Å². The lowest BCUT2D eigenvalue weighted by molar-refractivity contribution is -0.139. The molecular formula is C13H22N2O3. The Morgan fingerprint density at radius 3 is 2.39 bits per heavy atom. The molecule has 18 heavy (non-hydrogen) atoms. The second-order valence-electron chi connectivity index (χ2n) is 5.81. The van der Waals surface area contributed by atoms with Crippen molar-refractivity contribution in [3.8, 4) is 0 Å². The summed E-state index contributed by atoms with van der Waals surface area (Å²) in [6, 6.07) is -0.122. The molecule has 2 rings (SSSR count). The average molecular weight is 254 g/mol. The Bertz CT molecular complexity index is 335. The van der Waals surface area contributed by atoms with Crippen molar-refractivity contribution in [1.82, 2.24) is 10.2 Å². The number of rotatable bonds is 5. The van der Waals surface area contributed by atoms with Crippen LogP contribution >= 0.6 is 0 Å². The standard InChI is InChI=1S/C13H22N2O3/c1-15(9-10-4-2-5-10)12(18)14-13(6-3-7-13)8-11(16)17/h10H,2-9H2,1H3,(H,14,18)(H,16,17). The molecule has 5 heteroatoms. The fourth-order valence-electron chi connectivity index (χ4n) is 2.71. The van der Waals surface area contributed by atoms with Gasteiger partial charge in [-0.25, -0.2) is 4.79 Å². The van der Waals surface area contributed by atoms with Crippen LogP contribution in [0.1, 0.15) is 44.9 Å². The maximum absolute atomic E-state index is 12.0. The number of hydrogen-bond acceptors (Lipinski definition) is 2. The number of nitrogens with one attached hydrogen (secondary N) is 1. The van der Waals surface area contributed by atoms with Crippen molar-refractivity contribution >= 4 is 12.0 Å². The number of carbonyl (C=O) groups is 2. The van der Waals surface area contributed by atoms with E-state index in [1.807, 2.05) is 0 Å². The van der Waals surface area contributed by atoms with Crippen LogP contribution in [-0.4, -0.2) is 41.1 Å². The second-order valence-corrected chi connectivity index (χ2v) is 5.81. The van der Waals surface area contributed by atoms with Crippen LogP contribution in [0.5, 0.6) is 0 Å². The highest BCUT2D eigenvalue weighted by molar-refractivity contribution is 5.77. The van der Waals surface area contributed by atoms with Gasteiger partial charge in [0.2, 0.25) is 0 Å². The lowest BCUT2D eigenvalue weighted by Gasteiger charge is -2.42. The number of aliphatic carboxylic acids is 1. The van der Waals surface area contributed by atoms with Crippen LogP contribution in [0.15, 0.2) is 0 Å². The number of carbonyl (C=O) groups excluding carboxylic acids is 1. The molecule has 2 aliphatic rings. The van der Waals surface area contributed by atoms with Gasteiger partial charge in [-0.3, -0.25) is 4.79 Å². The van der Waals surface area contributed by atoms with Gasteiger partial charge in [-0.15, -0.1) is 0 Å². The van der Waals surface area contributed by atoms with Gasteiger partial charge >= 0.3 is 12.0 Å². The number of urea groups is 1. The van der Waals surface area contributed by atoms with E-state index in [9.17, 15) is 9.59 Å². The molecule has 2 fully saturated rings. The first-order valence-electron chi connectivity index (χ1n) is 6.76. The fourth-order valence-corrected chi connectivity index (χ4v) is 2.71. The first kappa shape index (κ1) is 13.2. The molecule has 0 aromatic heterocycles. The Morgan fingerprint density at radius 2 is 2.00 bits per heavy atom. The molecule has 0 heterocycles. The Balaban J connectivity index is 1.82. The molecule has 2 amide bonds. The number of carboxylic acid groups (broad SMARTS) is 1. The molecule has 2 N–H and O–H groups in total. The first-order chi connectivity index (χ1) is 8.51. The van der Waals surface area contributed by atoms with Crippen LogP contribution in [-0.2, 0) is 4.79 Å². The number of nitrogens with zero attached hydrogens (tertiary/aromatic N) is 1. The summed E-state index contributed by atoms with van der Waals surface area (Å²) in [5, 5.41) is 11.8. The summed E-state index contributed by atoms with van der Waals surface area (Å²) in [6.07, 6.45) is 6.28. The molecule has 102 valence electrons. The topological polar surface area (TPSA) is 69.6 Å². The van der Waals surface area contributed by atoms with Gasteiger partial charge in [-0.1, -0.05) is 6.42 Å². The van der Waals surface area contributed by atoms with Crippen LogP contribution in [0.4, 0.5) is 4.79 Å². The molecule has 0 bridgehead atoms. The van der Waals surface area contributed by atoms with E-state index in [-0.39, 0.29) is 12.5 Å². The summed E-state index contributed by atoms with van der Waals surface area (Å²) in [4.78, 5) is 24.6. The van der Waals surface area contributed by atoms with Crippen molar-refractivity contribution < 1.29 is 14.7 Å². The summed E-state index contributed by atoms with van der Waals surface area (Å²) in [5.74, 6) is -0.200. The minimum Gasteiger partial charge on any atom is -0.481 e. The zero-order valence-electron chi connectivity index (χ0n) is 10.9. The molecule has 0 saturated heterocycles. The summed E-state index contributed by atoms with van der Waals surface area (Å²) in [6.45, 7) is 0.787. The van der Waals surface area contributed by atoms with Gasteiger partial charge < -0.3 is 15.3 Å². The zero-order chi connectivity index (χ0) is 13.2. The molecule has 0 aromatic carbocycles. The maximum atomic E-state index is 12.0. The highest BCUT2D eigenvalue weighted by Gasteiger charge is 2.41. The summed E-state index contributed by atoms with van der Waals surface area (Å²) in [7, 11) is 1.79. The van der Waals surface area contributed by atoms with Gasteiger partial charge in [-0.2, -0.15) is 0 Å². The molecule has 0 atom stereocenters. The number of carboxylic acids is 1. The number of amides is 2. The molecule has 0 unspecified atom stereocenters. The predicted molar refractivity (Wildman–Crippen MR) is 67.3 cm³/mol. The molecule has 0 spiro atoms. The van der Waals surface area contributed by atoms with E-state index in [1.54, 1.807) is 11.9 Å². The fraction of sp³-hybridized carbons (Fsp3) is 0.846. The van der Waals surface area contributed by atoms with Crippen molar-refractivity contribution in [2.45, 2.75) is 50.5 Å². The third-order valence-corrected chi connectivity index (χ3v) is 4.28. The summed E-state index contributed by atoms with van der Waals surface area (Å²) in [5.41, 5.74) is -0.489. The highest BCUT2D eigenvalue weighted by atomic mass is 16.4. The quantitative estimate of drug-likeness (QED) is 0.786. The zero-order valence-corrected chi connectivity index (χ0v) is 10.9. The van der Waals surface area contributed by atoms with Crippen molar-refractivity contribution in [2.24, 2.45) is 5.92 Å². The lowest BCUT2D eigenvalue weighted by atomic mass is 9.74. The Morgan fingerprint density at radius 1 is 1.33 bits per heavy atom. The van der Waals surface area contributed by atoms with Crippen LogP contribution in [0.3, 0.4) is 0 Å². The molecule has 5 nitrogen and oxygen atoms in total. The minimum atomic E-state index is -0.836. The SMILES string of the molecule is CN(CC1CCC1)C(=O)NC1(CC(=O)O)CCC1. The van der Waals surface area contributed by atoms with E-state index >= 15 is 0 Å². The van der Waals surface area contributed by atoms with E-state index in [0.717, 1.165) is 25.8 Å². The largest absolute Gasteiger partial charge is 0.481 e. The van der Waals surface area contributed by atoms with E-state index < -0.39 is 11.5 Å². The highest BCUT2D eigenvalue weighted by Crippen LogP contribution is 2.35. The van der Waals surface area contributed by atoms with Gasteiger partial charge in [0.25, 0.3) is 0 Å². The Hall–Kier alpha value is -1.26. The monoisotopic (exact) mass is 254 g/mol. The smallest absolute Gasteiger partial charge is 0.317 e. The van der Waals surface area contributed by atoms with Gasteiger partial charge in [0.1, 0.15) is 0 Å². The molecule has 0 aromatic rings. The normalized spacial score (nSPS) is 21.6. The Labute approximate surface area is 108 Å². The third kappa shape index (κ3) is 2.94. The molecular weight excluding hydrogens is 232 g/mol. The van der Waals surface area contributed by atoms with E-state index in [1.165, 1.54) is 19.3 Å². The van der Waals surface area contributed by atoms with Crippen molar-refractivity contribution in [3.63, 3.8) is 0 Å². The second kappa shape index (κ2) is 5.16. The summed E-state index contributed by atoms with van der Waals surface area (Å²) >= 11 is 0. The van der Waals surface area contributed by atoms with E-state index in [2.05, 4.69) is 5.32 Å². The van der Waals surface area contributed by atoms with Gasteiger partial charge in [-0.05, 0) is 38.0 Å². The number of hydrogen-bond donors (Lipinski definition) is 2. The van der Waals surface area contributed by atoms with Crippen LogP contribution in [0, 0.1) is 5.92 Å². The summed E-state index contributed by atoms with van der Waals surface area (Å²) < 4.78 is 0. The molecule has 2 saturated carbocycles. The van der Waals surface area contributed by atoms with Crippen molar-refractivity contribution in [3.05, 3.63) is 0 Å². The van der Waals surface area contributed by atoms with Gasteiger partial charge in [0.05, 0.1) is 12.0 Å². The van der Waals surface area contributed by atoms with Crippen molar-refractivity contribution in [2.75, 3.05) is 13.6 Å². The van der Waals surface area contributed by atoms with Crippen LogP contribution in [0.25, 0.3) is 0 Å². The molecule has 0 aliphatic heterocycles. The minimum absolute atomic E-state index is 0.0377. The van der Waals surface area contributed by atoms with Gasteiger partial charge in [0, 0.05) is 13.6 Å². The van der Waals surface area contributed by atoms with E-state index in [0.29, 0.717) is 5.92 Å². The van der Waals surface area contributed by atoms with Crippen LogP contribution < -0.4 is 5.32 Å². The van der Waals surface area contributed by atoms with E-state index in [4.69, 9.17) is 5.11 Å². The van der Waals surface area contributed by atoms with Gasteiger partial charge in [0.15, 0.2) is 0 Å². The van der Waals surface area contributed by atoms with Crippen molar-refractivity contribution in [1.29, 1.82) is 0 Å². The maximum Gasteiger partial charge on any atom is 0.317 e. The molecule has 0 radical (unpaired) electrons. The Kier molecular flexibility index (Phi) is 3.78. The average Bonchev–Trinajstić information content (AvgIpc) is 2.19.